The van der Waals surface area contributed by atoms with E-state index in [9.17, 15) is 9.18 Å². The van der Waals surface area contributed by atoms with Crippen molar-refractivity contribution in [1.82, 2.24) is 4.98 Å². The molecule has 1 saturated heterocycles. The van der Waals surface area contributed by atoms with Gasteiger partial charge in [0.2, 0.25) is 0 Å². The minimum absolute atomic E-state index is 0.0919. The number of aromatic nitrogens is 1. The van der Waals surface area contributed by atoms with Gasteiger partial charge in [0.1, 0.15) is 11.5 Å². The summed E-state index contributed by atoms with van der Waals surface area (Å²) in [6, 6.07) is 9.98. The van der Waals surface area contributed by atoms with Crippen LogP contribution in [0.1, 0.15) is 53.7 Å². The molecule has 0 radical (unpaired) electrons. The number of Topliss-reactive ketones (excluding diaryl/α,β-unsaturated/α-hetero) is 1. The zero-order valence-corrected chi connectivity index (χ0v) is 15.5. The van der Waals surface area contributed by atoms with Crippen LogP contribution in [0.25, 0.3) is 0 Å². The first-order valence-corrected chi connectivity index (χ1v) is 9.59. The summed E-state index contributed by atoms with van der Waals surface area (Å²) in [5, 5.41) is 0. The van der Waals surface area contributed by atoms with Crippen molar-refractivity contribution in [3.05, 3.63) is 65.2 Å². The first kappa shape index (κ1) is 19.6. The van der Waals surface area contributed by atoms with Crippen molar-refractivity contribution in [2.75, 3.05) is 13.2 Å². The van der Waals surface area contributed by atoms with Crippen molar-refractivity contribution in [1.29, 1.82) is 0 Å². The topological polar surface area (TPSA) is 48.4 Å². The maximum Gasteiger partial charge on any atom is 0.181 e. The van der Waals surface area contributed by atoms with Crippen molar-refractivity contribution in [2.45, 2.75) is 45.3 Å². The number of pyridine rings is 1. The Labute approximate surface area is 159 Å². The molecule has 0 saturated carbocycles. The fraction of sp³-hybridized carbons (Fsp3) is 0.455. The number of ether oxygens (including phenoxy) is 2. The van der Waals surface area contributed by atoms with E-state index in [4.69, 9.17) is 9.47 Å². The highest BCUT2D eigenvalue weighted by molar-refractivity contribution is 5.94. The molecule has 0 spiro atoms. The van der Waals surface area contributed by atoms with Crippen LogP contribution in [0.5, 0.6) is 0 Å². The summed E-state index contributed by atoms with van der Waals surface area (Å²) in [5.41, 5.74) is 2.19. The second-order valence-corrected chi connectivity index (χ2v) is 7.05. The molecule has 0 unspecified atom stereocenters. The molecule has 4 nitrogen and oxygen atoms in total. The molecular formula is C22H26FNO3. The van der Waals surface area contributed by atoms with Crippen molar-refractivity contribution in [2.24, 2.45) is 5.92 Å². The zero-order valence-electron chi connectivity index (χ0n) is 15.5. The minimum atomic E-state index is -0.266. The Bertz CT molecular complexity index is 727. The van der Waals surface area contributed by atoms with Crippen molar-refractivity contribution >= 4 is 5.78 Å². The maximum atomic E-state index is 13.1. The fourth-order valence-corrected chi connectivity index (χ4v) is 3.30. The van der Waals surface area contributed by atoms with Crippen LogP contribution in [-0.4, -0.2) is 24.0 Å². The quantitative estimate of drug-likeness (QED) is 0.599. The number of hydrogen-bond donors (Lipinski definition) is 0. The van der Waals surface area contributed by atoms with Gasteiger partial charge in [0.25, 0.3) is 0 Å². The van der Waals surface area contributed by atoms with E-state index in [0.29, 0.717) is 31.2 Å². The van der Waals surface area contributed by atoms with Gasteiger partial charge in [0, 0.05) is 25.8 Å². The van der Waals surface area contributed by atoms with Crippen molar-refractivity contribution in [3.8, 4) is 0 Å². The summed E-state index contributed by atoms with van der Waals surface area (Å²) in [6.45, 7) is 2.41. The van der Waals surface area contributed by atoms with Crippen LogP contribution in [0.2, 0.25) is 0 Å². The fourth-order valence-electron chi connectivity index (χ4n) is 3.30. The molecule has 1 aromatic heterocycles. The average Bonchev–Trinajstić information content (AvgIpc) is 2.69. The molecule has 0 bridgehead atoms. The van der Waals surface area contributed by atoms with E-state index in [1.54, 1.807) is 18.3 Å². The molecule has 1 aromatic carbocycles. The van der Waals surface area contributed by atoms with Crippen LogP contribution in [-0.2, 0) is 22.7 Å². The summed E-state index contributed by atoms with van der Waals surface area (Å²) in [7, 11) is 0. The molecule has 1 aliphatic heterocycles. The third-order valence-corrected chi connectivity index (χ3v) is 4.89. The lowest BCUT2D eigenvalue weighted by Gasteiger charge is -2.21. The Kier molecular flexibility index (Phi) is 7.48. The molecule has 1 fully saturated rings. The molecule has 0 aliphatic carbocycles. The minimum Gasteiger partial charge on any atom is -0.381 e. The van der Waals surface area contributed by atoms with Gasteiger partial charge in [-0.05, 0) is 60.9 Å². The van der Waals surface area contributed by atoms with Gasteiger partial charge in [-0.3, -0.25) is 9.78 Å². The van der Waals surface area contributed by atoms with Gasteiger partial charge in [-0.1, -0.05) is 18.2 Å². The highest BCUT2D eigenvalue weighted by Gasteiger charge is 2.15. The highest BCUT2D eigenvalue weighted by atomic mass is 19.1. The summed E-state index contributed by atoms with van der Waals surface area (Å²) in [4.78, 5) is 16.5. The lowest BCUT2D eigenvalue weighted by atomic mass is 9.93. The van der Waals surface area contributed by atoms with E-state index in [2.05, 4.69) is 4.98 Å². The van der Waals surface area contributed by atoms with E-state index in [1.807, 2.05) is 12.1 Å². The molecule has 2 heterocycles. The third kappa shape index (κ3) is 6.52. The Morgan fingerprint density at radius 1 is 1.15 bits per heavy atom. The molecule has 1 aliphatic rings. The second-order valence-electron chi connectivity index (χ2n) is 7.05. The van der Waals surface area contributed by atoms with E-state index in [1.165, 1.54) is 12.1 Å². The van der Waals surface area contributed by atoms with Crippen molar-refractivity contribution in [3.63, 3.8) is 0 Å². The van der Waals surface area contributed by atoms with Gasteiger partial charge in [-0.25, -0.2) is 4.39 Å². The summed E-state index contributed by atoms with van der Waals surface area (Å²) in [6.07, 6.45) is 6.43. The third-order valence-electron chi connectivity index (χ3n) is 4.89. The lowest BCUT2D eigenvalue weighted by Crippen LogP contribution is -2.15. The number of hydrogen-bond acceptors (Lipinski definition) is 4. The summed E-state index contributed by atoms with van der Waals surface area (Å²) in [5.74, 6) is 0.517. The second kappa shape index (κ2) is 10.3. The number of nitrogens with zero attached hydrogens (tertiary/aromatic N) is 1. The van der Waals surface area contributed by atoms with Crippen LogP contribution < -0.4 is 0 Å². The molecule has 0 amide bonds. The molecule has 0 atom stereocenters. The normalized spacial score (nSPS) is 15.0. The van der Waals surface area contributed by atoms with E-state index in [-0.39, 0.29) is 11.6 Å². The van der Waals surface area contributed by atoms with E-state index >= 15 is 0 Å². The van der Waals surface area contributed by atoms with Gasteiger partial charge < -0.3 is 9.47 Å². The molecule has 5 heteroatoms. The monoisotopic (exact) mass is 371 g/mol. The first-order chi connectivity index (χ1) is 13.2. The standard InChI is InChI=1S/C22H26FNO3/c23-20-5-1-4-18(13-20)15-27-16-19-7-8-21(24-14-19)22(25)6-2-3-17-9-11-26-12-10-17/h1,4-5,7-8,13-14,17H,2-3,6,9-12,15-16H2. The Morgan fingerprint density at radius 2 is 1.96 bits per heavy atom. The largest absolute Gasteiger partial charge is 0.381 e. The lowest BCUT2D eigenvalue weighted by molar-refractivity contribution is 0.0629. The van der Waals surface area contributed by atoms with Crippen LogP contribution in [0, 0.1) is 11.7 Å². The molecular weight excluding hydrogens is 345 g/mol. The number of benzene rings is 1. The number of rotatable bonds is 9. The molecule has 0 N–H and O–H groups in total. The van der Waals surface area contributed by atoms with E-state index in [0.717, 1.165) is 50.0 Å². The Balaban J connectivity index is 1.39. The predicted octanol–water partition coefficient (Wildman–Crippen LogP) is 4.72. The molecule has 144 valence electrons. The van der Waals surface area contributed by atoms with Gasteiger partial charge >= 0.3 is 0 Å². The average molecular weight is 371 g/mol. The zero-order chi connectivity index (χ0) is 18.9. The van der Waals surface area contributed by atoms with Crippen LogP contribution in [0.15, 0.2) is 42.6 Å². The molecule has 2 aromatic rings. The van der Waals surface area contributed by atoms with Crippen LogP contribution >= 0.6 is 0 Å². The number of carbonyl (C=O) groups excluding carboxylic acids is 1. The smallest absolute Gasteiger partial charge is 0.181 e. The van der Waals surface area contributed by atoms with Crippen LogP contribution in [0.3, 0.4) is 0 Å². The van der Waals surface area contributed by atoms with Gasteiger partial charge in [-0.2, -0.15) is 0 Å². The first-order valence-electron chi connectivity index (χ1n) is 9.59. The number of carbonyl (C=O) groups is 1. The SMILES string of the molecule is O=C(CCCC1CCOCC1)c1ccc(COCc2cccc(F)c2)cn1. The number of ketones is 1. The van der Waals surface area contributed by atoms with E-state index < -0.39 is 0 Å². The maximum absolute atomic E-state index is 13.1. The number of halogens is 1. The van der Waals surface area contributed by atoms with Crippen molar-refractivity contribution < 1.29 is 18.7 Å². The highest BCUT2D eigenvalue weighted by Crippen LogP contribution is 2.21. The molecule has 27 heavy (non-hydrogen) atoms. The van der Waals surface area contributed by atoms with Gasteiger partial charge in [-0.15, -0.1) is 0 Å². The Morgan fingerprint density at radius 3 is 2.70 bits per heavy atom. The van der Waals surface area contributed by atoms with Gasteiger partial charge in [0.05, 0.1) is 13.2 Å². The Hall–Kier alpha value is -2.11. The summed E-state index contributed by atoms with van der Waals surface area (Å²) >= 11 is 0. The molecule has 3 rings (SSSR count). The predicted molar refractivity (Wildman–Crippen MR) is 101 cm³/mol. The summed E-state index contributed by atoms with van der Waals surface area (Å²) < 4.78 is 24.1. The van der Waals surface area contributed by atoms with Crippen LogP contribution in [0.4, 0.5) is 4.39 Å². The van der Waals surface area contributed by atoms with Gasteiger partial charge in [0.15, 0.2) is 5.78 Å².